The lowest BCUT2D eigenvalue weighted by Crippen LogP contribution is -2.19. The van der Waals surface area contributed by atoms with Gasteiger partial charge in [-0.1, -0.05) is 0 Å². The molecule has 19 heavy (non-hydrogen) atoms. The summed E-state index contributed by atoms with van der Waals surface area (Å²) in [6.07, 6.45) is 5.89. The van der Waals surface area contributed by atoms with E-state index >= 15 is 0 Å². The Morgan fingerprint density at radius 3 is 2.68 bits per heavy atom. The Morgan fingerprint density at radius 1 is 1.21 bits per heavy atom. The molecule has 0 radical (unpaired) electrons. The molecule has 98 valence electrons. The molecule has 3 heterocycles. The monoisotopic (exact) mass is 255 g/mol. The topological polar surface area (TPSA) is 47.2 Å². The Kier molecular flexibility index (Phi) is 2.74. The third-order valence-electron chi connectivity index (χ3n) is 3.30. The molecule has 0 saturated heterocycles. The lowest BCUT2D eigenvalue weighted by molar-refractivity contribution is 0.705. The molecule has 0 aromatic carbocycles. The molecule has 0 saturated carbocycles. The van der Waals surface area contributed by atoms with Crippen LogP contribution in [0.4, 0.5) is 0 Å². The number of fused-ring (bicyclic) bond motifs is 1. The Morgan fingerprint density at radius 2 is 1.95 bits per heavy atom. The van der Waals surface area contributed by atoms with Crippen LogP contribution in [0.2, 0.25) is 0 Å². The Balaban J connectivity index is 1.97. The molecule has 0 aliphatic carbocycles. The second kappa shape index (κ2) is 4.42. The Bertz CT molecular complexity index is 696. The molecule has 3 aromatic heterocycles. The van der Waals surface area contributed by atoms with Crippen LogP contribution in [0.1, 0.15) is 29.9 Å². The van der Waals surface area contributed by atoms with Crippen LogP contribution in [0, 0.1) is 13.8 Å². The fourth-order valence-corrected chi connectivity index (χ4v) is 2.31. The number of aryl methyl sites for hydroxylation is 2. The van der Waals surface area contributed by atoms with Gasteiger partial charge in [0.2, 0.25) is 0 Å². The molecule has 0 fully saturated rings. The van der Waals surface area contributed by atoms with Gasteiger partial charge in [0.25, 0.3) is 0 Å². The zero-order valence-electron chi connectivity index (χ0n) is 11.3. The molecule has 1 N–H and O–H groups in total. The molecule has 0 aliphatic rings. The smallest absolute Gasteiger partial charge is 0.155 e. The lowest BCUT2D eigenvalue weighted by atomic mass is 10.1. The Hall–Kier alpha value is -2.30. The van der Waals surface area contributed by atoms with Gasteiger partial charge in [-0.3, -0.25) is 4.68 Å². The van der Waals surface area contributed by atoms with Gasteiger partial charge in [0.1, 0.15) is 0 Å². The molecule has 1 atom stereocenters. The number of aromatic nitrogens is 4. The highest BCUT2D eigenvalue weighted by Gasteiger charge is 2.12. The first-order valence-electron chi connectivity index (χ1n) is 6.36. The van der Waals surface area contributed by atoms with Crippen LogP contribution in [-0.2, 0) is 0 Å². The third kappa shape index (κ3) is 2.07. The zero-order chi connectivity index (χ0) is 13.4. The van der Waals surface area contributed by atoms with E-state index in [1.165, 1.54) is 0 Å². The maximum atomic E-state index is 4.47. The number of nitrogens with one attached hydrogen (secondary N) is 1. The second-order valence-electron chi connectivity index (χ2n) is 4.80. The van der Waals surface area contributed by atoms with E-state index in [0.29, 0.717) is 0 Å². The van der Waals surface area contributed by atoms with Crippen molar-refractivity contribution in [3.63, 3.8) is 0 Å². The van der Waals surface area contributed by atoms with Gasteiger partial charge in [-0.2, -0.15) is 5.10 Å². The first-order valence-corrected chi connectivity index (χ1v) is 6.36. The normalized spacial score (nSPS) is 12.8. The molecular formula is C14H17N5. The average Bonchev–Trinajstić information content (AvgIpc) is 2.98. The van der Waals surface area contributed by atoms with E-state index in [9.17, 15) is 0 Å². The minimum Gasteiger partial charge on any atom is -0.319 e. The predicted octanol–water partition coefficient (Wildman–Crippen LogP) is 2.45. The summed E-state index contributed by atoms with van der Waals surface area (Å²) in [5, 5.41) is 4.47. The molecule has 3 aromatic rings. The summed E-state index contributed by atoms with van der Waals surface area (Å²) >= 11 is 0. The molecule has 0 amide bonds. The van der Waals surface area contributed by atoms with Crippen LogP contribution in [0.5, 0.6) is 0 Å². The summed E-state index contributed by atoms with van der Waals surface area (Å²) in [5.41, 5.74) is 7.53. The van der Waals surface area contributed by atoms with Crippen molar-refractivity contribution in [1.82, 2.24) is 19.3 Å². The number of hydrogen-bond donors (Lipinski definition) is 1. The van der Waals surface area contributed by atoms with Gasteiger partial charge in [0.15, 0.2) is 5.65 Å². The van der Waals surface area contributed by atoms with Crippen molar-refractivity contribution in [1.29, 1.82) is 0 Å². The van der Waals surface area contributed by atoms with Crippen molar-refractivity contribution in [2.24, 2.45) is 0 Å². The maximum Gasteiger partial charge on any atom is 0.155 e. The maximum absolute atomic E-state index is 4.47. The second-order valence-corrected chi connectivity index (χ2v) is 4.80. The van der Waals surface area contributed by atoms with Gasteiger partial charge >= 0.3 is 0 Å². The Labute approximate surface area is 111 Å². The number of rotatable bonds is 3. The minimum absolute atomic E-state index is 0.161. The van der Waals surface area contributed by atoms with Crippen LogP contribution in [0.3, 0.4) is 0 Å². The molecule has 1 unspecified atom stereocenters. The number of nitrogens with zero attached hydrogens (tertiary/aromatic N) is 4. The van der Waals surface area contributed by atoms with Gasteiger partial charge in [0, 0.05) is 35.9 Å². The molecule has 0 aliphatic heterocycles. The first kappa shape index (κ1) is 11.8. The first-order chi connectivity index (χ1) is 9.15. The van der Waals surface area contributed by atoms with Gasteiger partial charge < -0.3 is 5.43 Å². The van der Waals surface area contributed by atoms with E-state index in [1.807, 2.05) is 52.9 Å². The molecule has 3 rings (SSSR count). The third-order valence-corrected chi connectivity index (χ3v) is 3.30. The van der Waals surface area contributed by atoms with E-state index in [-0.39, 0.29) is 6.04 Å². The molecular weight excluding hydrogens is 238 g/mol. The predicted molar refractivity (Wildman–Crippen MR) is 74.7 cm³/mol. The molecule has 0 bridgehead atoms. The molecule has 0 spiro atoms. The van der Waals surface area contributed by atoms with E-state index in [4.69, 9.17) is 0 Å². The van der Waals surface area contributed by atoms with Crippen LogP contribution in [0.15, 0.2) is 36.8 Å². The SMILES string of the molecule is Cc1cc2ncc(C(C)Nn3cccc3)c(C)n2n1. The summed E-state index contributed by atoms with van der Waals surface area (Å²) in [6.45, 7) is 6.17. The van der Waals surface area contributed by atoms with Crippen LogP contribution >= 0.6 is 0 Å². The average molecular weight is 255 g/mol. The summed E-state index contributed by atoms with van der Waals surface area (Å²) in [4.78, 5) is 4.46. The highest BCUT2D eigenvalue weighted by atomic mass is 15.4. The van der Waals surface area contributed by atoms with Crippen molar-refractivity contribution in [3.8, 4) is 0 Å². The molecule has 5 nitrogen and oxygen atoms in total. The molecule has 5 heteroatoms. The highest BCUT2D eigenvalue weighted by molar-refractivity contribution is 5.42. The zero-order valence-corrected chi connectivity index (χ0v) is 11.3. The summed E-state index contributed by atoms with van der Waals surface area (Å²) in [7, 11) is 0. The summed E-state index contributed by atoms with van der Waals surface area (Å²) in [6, 6.07) is 6.13. The van der Waals surface area contributed by atoms with Gasteiger partial charge in [-0.25, -0.2) is 9.50 Å². The highest BCUT2D eigenvalue weighted by Crippen LogP contribution is 2.18. The minimum atomic E-state index is 0.161. The van der Waals surface area contributed by atoms with E-state index in [0.717, 1.165) is 22.6 Å². The van der Waals surface area contributed by atoms with Crippen molar-refractivity contribution >= 4 is 5.65 Å². The number of hydrogen-bond acceptors (Lipinski definition) is 3. The standard InChI is InChI=1S/C14H17N5/c1-10-8-14-15-9-13(12(3)19(14)16-10)11(2)17-18-6-4-5-7-18/h4-9,11,17H,1-3H3. The van der Waals surface area contributed by atoms with Gasteiger partial charge in [-0.15, -0.1) is 0 Å². The summed E-state index contributed by atoms with van der Waals surface area (Å²) < 4.78 is 3.85. The van der Waals surface area contributed by atoms with E-state index in [1.54, 1.807) is 0 Å². The fraction of sp³-hybridized carbons (Fsp3) is 0.286. The van der Waals surface area contributed by atoms with E-state index in [2.05, 4.69) is 29.4 Å². The van der Waals surface area contributed by atoms with E-state index < -0.39 is 0 Å². The summed E-state index contributed by atoms with van der Waals surface area (Å²) in [5.74, 6) is 0. The van der Waals surface area contributed by atoms with Crippen molar-refractivity contribution in [2.75, 3.05) is 5.43 Å². The largest absolute Gasteiger partial charge is 0.319 e. The lowest BCUT2D eigenvalue weighted by Gasteiger charge is -2.18. The van der Waals surface area contributed by atoms with Gasteiger partial charge in [0.05, 0.1) is 11.7 Å². The van der Waals surface area contributed by atoms with Crippen LogP contribution in [-0.4, -0.2) is 19.3 Å². The van der Waals surface area contributed by atoms with Crippen molar-refractivity contribution in [3.05, 3.63) is 53.7 Å². The fourth-order valence-electron chi connectivity index (χ4n) is 2.31. The van der Waals surface area contributed by atoms with Crippen LogP contribution in [0.25, 0.3) is 5.65 Å². The van der Waals surface area contributed by atoms with Gasteiger partial charge in [-0.05, 0) is 32.9 Å². The quantitative estimate of drug-likeness (QED) is 0.782. The van der Waals surface area contributed by atoms with Crippen LogP contribution < -0.4 is 5.43 Å². The van der Waals surface area contributed by atoms with Crippen molar-refractivity contribution < 1.29 is 0 Å². The van der Waals surface area contributed by atoms with Crippen molar-refractivity contribution in [2.45, 2.75) is 26.8 Å².